The lowest BCUT2D eigenvalue weighted by atomic mass is 9.84. The highest BCUT2D eigenvalue weighted by Crippen LogP contribution is 2.43. The second-order valence-electron chi connectivity index (χ2n) is 21.1. The zero-order valence-corrected chi connectivity index (χ0v) is 43.7. The number of likely N-dealkylation sites (tertiary alicyclic amines) is 1. The highest BCUT2D eigenvalue weighted by atomic mass is 32.1. The first kappa shape index (κ1) is 51.2. The third-order valence-corrected chi connectivity index (χ3v) is 15.5. The second kappa shape index (κ2) is 20.5. The van der Waals surface area contributed by atoms with Gasteiger partial charge in [-0.2, -0.15) is 5.43 Å². The number of urea groups is 1. The Bertz CT molecular complexity index is 2580. The molecular formula is C51H73N11O7S. The molecule has 6 bridgehead atoms. The van der Waals surface area contributed by atoms with Gasteiger partial charge < -0.3 is 49.0 Å². The second-order valence-corrected chi connectivity index (χ2v) is 22.0. The Morgan fingerprint density at radius 2 is 1.80 bits per heavy atom. The lowest BCUT2D eigenvalue weighted by molar-refractivity contribution is -0.189. The molecule has 4 aromatic rings. The van der Waals surface area contributed by atoms with Gasteiger partial charge in [0.1, 0.15) is 12.1 Å². The lowest BCUT2D eigenvalue weighted by Gasteiger charge is -2.45. The van der Waals surface area contributed by atoms with E-state index in [0.717, 1.165) is 76.5 Å². The maximum atomic E-state index is 14.7. The molecule has 7 heterocycles. The number of hydrazine groups is 1. The summed E-state index contributed by atoms with van der Waals surface area (Å²) in [5, 5.41) is 19.8. The van der Waals surface area contributed by atoms with Crippen LogP contribution in [0.1, 0.15) is 76.8 Å². The van der Waals surface area contributed by atoms with Crippen LogP contribution in [-0.2, 0) is 43.2 Å². The van der Waals surface area contributed by atoms with Gasteiger partial charge in [0.05, 0.1) is 46.7 Å². The smallest absolute Gasteiger partial charge is 0.355 e. The summed E-state index contributed by atoms with van der Waals surface area (Å²) >= 11 is 1.39. The molecule has 0 unspecified atom stereocenters. The number of amides is 4. The summed E-state index contributed by atoms with van der Waals surface area (Å²) in [6.07, 6.45) is 2.45. The van der Waals surface area contributed by atoms with Crippen LogP contribution in [0.25, 0.3) is 33.4 Å². The van der Waals surface area contributed by atoms with Gasteiger partial charge >= 0.3 is 12.0 Å². The van der Waals surface area contributed by atoms with Crippen molar-refractivity contribution in [2.75, 3.05) is 92.6 Å². The number of fused-ring (bicyclic) bond motifs is 6. The topological polar surface area (TPSA) is 181 Å². The summed E-state index contributed by atoms with van der Waals surface area (Å²) in [5.41, 5.74) is 7.48. The van der Waals surface area contributed by atoms with Crippen molar-refractivity contribution in [3.05, 3.63) is 52.1 Å². The van der Waals surface area contributed by atoms with Crippen LogP contribution >= 0.6 is 11.3 Å². The average molecular weight is 984 g/mol. The molecule has 18 nitrogen and oxygen atoms in total. The molecule has 1 aromatic carbocycles. The van der Waals surface area contributed by atoms with Gasteiger partial charge in [0.15, 0.2) is 0 Å². The number of ether oxygens (including phenoxy) is 2. The minimum Gasteiger partial charge on any atom is -0.462 e. The number of benzene rings is 1. The van der Waals surface area contributed by atoms with Crippen molar-refractivity contribution < 1.29 is 33.8 Å². The molecule has 4 atom stereocenters. The van der Waals surface area contributed by atoms with E-state index in [-0.39, 0.29) is 56.5 Å². The zero-order chi connectivity index (χ0) is 50.4. The Labute approximate surface area is 416 Å². The minimum absolute atomic E-state index is 0.00440. The molecule has 4 amide bonds. The van der Waals surface area contributed by atoms with Crippen molar-refractivity contribution >= 4 is 51.7 Å². The third-order valence-electron chi connectivity index (χ3n) is 14.7. The number of carbonyl (C=O) groups is 4. The van der Waals surface area contributed by atoms with Crippen molar-refractivity contribution in [3.63, 3.8) is 0 Å². The van der Waals surface area contributed by atoms with E-state index in [2.05, 4.69) is 68.2 Å². The molecular weight excluding hydrogens is 911 g/mol. The number of hydrogen-bond acceptors (Lipinski definition) is 14. The van der Waals surface area contributed by atoms with Crippen LogP contribution in [0.2, 0.25) is 0 Å². The largest absolute Gasteiger partial charge is 0.462 e. The van der Waals surface area contributed by atoms with Crippen LogP contribution in [0.4, 0.5) is 10.5 Å². The quantitative estimate of drug-likeness (QED) is 0.188. The molecule has 380 valence electrons. The molecule has 3 aromatic heterocycles. The first-order chi connectivity index (χ1) is 33.2. The van der Waals surface area contributed by atoms with Crippen LogP contribution < -0.4 is 15.6 Å². The van der Waals surface area contributed by atoms with Crippen molar-refractivity contribution in [1.82, 2.24) is 49.9 Å². The predicted molar refractivity (Wildman–Crippen MR) is 271 cm³/mol. The molecule has 0 saturated carbocycles. The van der Waals surface area contributed by atoms with Gasteiger partial charge in [-0.1, -0.05) is 33.8 Å². The normalized spacial score (nSPS) is 22.5. The number of thiazole rings is 1. The summed E-state index contributed by atoms with van der Waals surface area (Å²) < 4.78 is 14.4. The molecule has 3 N–H and O–H groups in total. The molecule has 3 fully saturated rings. The van der Waals surface area contributed by atoms with Crippen molar-refractivity contribution in [2.45, 2.75) is 104 Å². The van der Waals surface area contributed by atoms with E-state index in [1.54, 1.807) is 19.1 Å². The number of nitrogens with zero attached hydrogens (tertiary/aromatic N) is 9. The fourth-order valence-electron chi connectivity index (χ4n) is 10.3. The van der Waals surface area contributed by atoms with E-state index in [4.69, 9.17) is 19.4 Å². The van der Waals surface area contributed by atoms with Gasteiger partial charge in [0.2, 0.25) is 11.6 Å². The Hall–Kier alpha value is -5.18. The van der Waals surface area contributed by atoms with Gasteiger partial charge in [-0.05, 0) is 77.5 Å². The van der Waals surface area contributed by atoms with E-state index in [0.29, 0.717) is 31.1 Å². The Morgan fingerprint density at radius 1 is 1.07 bits per heavy atom. The summed E-state index contributed by atoms with van der Waals surface area (Å²) in [7, 11) is 9.42. The maximum Gasteiger partial charge on any atom is 0.355 e. The van der Waals surface area contributed by atoms with E-state index >= 15 is 0 Å². The molecule has 0 spiro atoms. The number of piperazine rings is 1. The standard InChI is InChI=1S/C51H73N11O7S/c1-12-61-41-15-14-33-22-36(41)38(45(61)37-23-34(26-52-43(37)32(4)68-11)59-20-18-57(9)19-21-59)25-50(5,6)30-69-48(65)51(67)16-13-17-62(55-51)47(64)39(24-42-53-40(33)29-70-42)54-46(63)44(31(2)3)58(10)49(66)60-27-35(28-60)56(7)8/h14-15,22-23,26,29,31-32,35,39,44,55,67H,12-13,16-21,24-25,27-28,30H2,1-11H3,(H,54,63)/t32-,39-,44-,51-/m0/s1. The zero-order valence-electron chi connectivity index (χ0n) is 42.9. The molecule has 4 aliphatic rings. The molecule has 4 aliphatic heterocycles. The van der Waals surface area contributed by atoms with Crippen LogP contribution in [0.5, 0.6) is 0 Å². The van der Waals surface area contributed by atoms with Crippen molar-refractivity contribution in [1.29, 1.82) is 0 Å². The number of aromatic nitrogens is 3. The lowest BCUT2D eigenvalue weighted by Crippen LogP contribution is -2.67. The molecule has 0 radical (unpaired) electrons. The van der Waals surface area contributed by atoms with E-state index in [9.17, 15) is 24.3 Å². The fourth-order valence-corrected chi connectivity index (χ4v) is 11.2. The number of pyridine rings is 1. The van der Waals surface area contributed by atoms with Crippen molar-refractivity contribution in [2.24, 2.45) is 11.3 Å². The van der Waals surface area contributed by atoms with Gasteiger partial charge in [-0.15, -0.1) is 11.3 Å². The Kier molecular flexibility index (Phi) is 15.0. The number of methoxy groups -OCH3 is 1. The summed E-state index contributed by atoms with van der Waals surface area (Å²) in [4.78, 5) is 77.1. The number of esters is 1. The van der Waals surface area contributed by atoms with Gasteiger partial charge in [-0.3, -0.25) is 19.6 Å². The molecule has 70 heavy (non-hydrogen) atoms. The third kappa shape index (κ3) is 10.3. The number of anilines is 1. The van der Waals surface area contributed by atoms with E-state index < -0.39 is 41.0 Å². The summed E-state index contributed by atoms with van der Waals surface area (Å²) in [6.45, 7) is 17.5. The number of cyclic esters (lactones) is 1. The van der Waals surface area contributed by atoms with Gasteiger partial charge in [0.25, 0.3) is 5.91 Å². The highest BCUT2D eigenvalue weighted by molar-refractivity contribution is 7.10. The highest BCUT2D eigenvalue weighted by Gasteiger charge is 2.46. The number of rotatable bonds is 10. The Morgan fingerprint density at radius 3 is 2.47 bits per heavy atom. The van der Waals surface area contributed by atoms with Crippen LogP contribution in [0.3, 0.4) is 0 Å². The number of carbonyl (C=O) groups excluding carboxylic acids is 4. The number of likely N-dealkylation sites (N-methyl/N-ethyl adjacent to an activating group) is 3. The first-order valence-electron chi connectivity index (χ1n) is 24.8. The Balaban J connectivity index is 1.21. The number of hydrogen-bond donors (Lipinski definition) is 3. The molecule has 3 saturated heterocycles. The predicted octanol–water partition coefficient (Wildman–Crippen LogP) is 4.60. The fraction of sp³-hybridized carbons (Fsp3) is 0.608. The van der Waals surface area contributed by atoms with Crippen LogP contribution in [0, 0.1) is 11.3 Å². The van der Waals surface area contributed by atoms with Crippen LogP contribution in [0.15, 0.2) is 35.8 Å². The van der Waals surface area contributed by atoms with Gasteiger partial charge in [0, 0.05) is 118 Å². The first-order valence-corrected chi connectivity index (χ1v) is 25.6. The number of aliphatic hydroxyl groups is 1. The minimum atomic E-state index is -2.22. The average Bonchev–Trinajstić information content (AvgIpc) is 3.90. The summed E-state index contributed by atoms with van der Waals surface area (Å²) in [6, 6.07) is 6.54. The van der Waals surface area contributed by atoms with Crippen molar-refractivity contribution in [3.8, 4) is 22.5 Å². The molecule has 8 rings (SSSR count). The number of aryl methyl sites for hydroxylation is 1. The molecule has 19 heteroatoms. The molecule has 0 aliphatic carbocycles. The van der Waals surface area contributed by atoms with E-state index in [1.807, 2.05) is 60.3 Å². The SMILES string of the molecule is CCn1c(-c2cc(N3CCN(C)CC3)cnc2[C@H](C)OC)c2c3cc(ccc31)-c1csc(n1)C[C@H](NC(=O)[C@H](C(C)C)N(C)C(=O)N1CC(N(C)C)C1)C(=O)N1CCC[C@@](O)(N1)C(=O)OCC(C)(C)C2. The monoisotopic (exact) mass is 984 g/mol. The van der Waals surface area contributed by atoms with E-state index in [1.165, 1.54) is 21.2 Å². The summed E-state index contributed by atoms with van der Waals surface area (Å²) in [5.74, 6) is -2.25. The maximum absolute atomic E-state index is 14.7. The number of nitrogens with one attached hydrogen (secondary N) is 2. The van der Waals surface area contributed by atoms with Crippen LogP contribution in [-0.4, -0.2) is 180 Å². The van der Waals surface area contributed by atoms with Gasteiger partial charge in [-0.25, -0.2) is 14.6 Å².